The molecule has 0 spiro atoms. The lowest BCUT2D eigenvalue weighted by Gasteiger charge is -2.33. The van der Waals surface area contributed by atoms with Crippen molar-refractivity contribution in [2.75, 3.05) is 13.1 Å². The van der Waals surface area contributed by atoms with Crippen molar-refractivity contribution in [2.24, 2.45) is 16.5 Å². The molecule has 0 bridgehead atoms. The van der Waals surface area contributed by atoms with E-state index in [1.54, 1.807) is 35.4 Å². The maximum absolute atomic E-state index is 13.8. The third-order valence-corrected chi connectivity index (χ3v) is 5.91. The standard InChI is InChI=1S/C24H22F3N5O3/c25-24(26,27)19-11-17(21(33)31-23(28)29)5-6-18(19)14-7-9-32(10-8-14)22(34)16-3-1-15(2-4-16)20-12-30-13-35-20/h1-6,11-14H,7-10H2,(H4,28,29,31,33). The fraction of sp³-hybridized carbons (Fsp3) is 0.250. The van der Waals surface area contributed by atoms with Crippen LogP contribution in [0.25, 0.3) is 11.3 Å². The molecule has 1 aromatic heterocycles. The minimum absolute atomic E-state index is 0.0854. The molecule has 4 N–H and O–H groups in total. The molecule has 0 atom stereocenters. The number of aromatic nitrogens is 1. The number of carbonyl (C=O) groups excluding carboxylic acids is 2. The average molecular weight is 485 g/mol. The number of nitrogens with zero attached hydrogens (tertiary/aromatic N) is 3. The van der Waals surface area contributed by atoms with Crippen molar-refractivity contribution in [3.05, 3.63) is 77.3 Å². The summed E-state index contributed by atoms with van der Waals surface area (Å²) >= 11 is 0. The molecule has 0 unspecified atom stereocenters. The highest BCUT2D eigenvalue weighted by Gasteiger charge is 2.37. The number of carbonyl (C=O) groups is 2. The molecule has 1 aliphatic rings. The van der Waals surface area contributed by atoms with Crippen LogP contribution in [0.5, 0.6) is 0 Å². The molecule has 1 saturated heterocycles. The highest BCUT2D eigenvalue weighted by Crippen LogP contribution is 2.39. The Hall–Kier alpha value is -4.15. The Morgan fingerprint density at radius 1 is 1.03 bits per heavy atom. The number of aliphatic imine (C=N–C) groups is 1. The van der Waals surface area contributed by atoms with E-state index in [-0.39, 0.29) is 17.0 Å². The number of alkyl halides is 3. The second-order valence-corrected chi connectivity index (χ2v) is 8.15. The summed E-state index contributed by atoms with van der Waals surface area (Å²) in [4.78, 5) is 33.7. The lowest BCUT2D eigenvalue weighted by atomic mass is 9.85. The number of oxazole rings is 1. The van der Waals surface area contributed by atoms with E-state index in [4.69, 9.17) is 15.9 Å². The molecule has 2 amide bonds. The van der Waals surface area contributed by atoms with Gasteiger partial charge >= 0.3 is 6.18 Å². The fourth-order valence-corrected chi connectivity index (χ4v) is 4.18. The van der Waals surface area contributed by atoms with Crippen LogP contribution in [0.4, 0.5) is 13.2 Å². The van der Waals surface area contributed by atoms with Crippen molar-refractivity contribution in [2.45, 2.75) is 24.9 Å². The van der Waals surface area contributed by atoms with Gasteiger partial charge in [-0.15, -0.1) is 0 Å². The lowest BCUT2D eigenvalue weighted by molar-refractivity contribution is -0.138. The summed E-state index contributed by atoms with van der Waals surface area (Å²) in [5, 5.41) is 0. The van der Waals surface area contributed by atoms with Gasteiger partial charge in [-0.2, -0.15) is 18.2 Å². The molecular formula is C24H22F3N5O3. The van der Waals surface area contributed by atoms with Gasteiger partial charge in [-0.3, -0.25) is 9.59 Å². The Balaban J connectivity index is 1.47. The van der Waals surface area contributed by atoms with Crippen LogP contribution in [0.15, 0.2) is 64.5 Å². The Bertz CT molecular complexity index is 1240. The molecule has 0 saturated carbocycles. The summed E-state index contributed by atoms with van der Waals surface area (Å²) in [6, 6.07) is 10.2. The van der Waals surface area contributed by atoms with Crippen LogP contribution in [0.2, 0.25) is 0 Å². The first-order valence-corrected chi connectivity index (χ1v) is 10.8. The Morgan fingerprint density at radius 3 is 2.26 bits per heavy atom. The predicted octanol–water partition coefficient (Wildman–Crippen LogP) is 3.79. The molecule has 1 fully saturated rings. The van der Waals surface area contributed by atoms with E-state index in [9.17, 15) is 22.8 Å². The van der Waals surface area contributed by atoms with Crippen LogP contribution >= 0.6 is 0 Å². The predicted molar refractivity (Wildman–Crippen MR) is 121 cm³/mol. The zero-order valence-corrected chi connectivity index (χ0v) is 18.5. The first-order valence-electron chi connectivity index (χ1n) is 10.8. The van der Waals surface area contributed by atoms with E-state index in [2.05, 4.69) is 9.98 Å². The number of likely N-dealkylation sites (tertiary alicyclic amines) is 1. The Labute approximate surface area is 198 Å². The Kier molecular flexibility index (Phi) is 6.59. The van der Waals surface area contributed by atoms with Crippen LogP contribution in [0.3, 0.4) is 0 Å². The van der Waals surface area contributed by atoms with E-state index >= 15 is 0 Å². The monoisotopic (exact) mass is 485 g/mol. The minimum atomic E-state index is -4.66. The first kappa shape index (κ1) is 24.0. The summed E-state index contributed by atoms with van der Waals surface area (Å²) < 4.78 is 46.6. The van der Waals surface area contributed by atoms with Gasteiger partial charge in [0.05, 0.1) is 11.8 Å². The van der Waals surface area contributed by atoms with Gasteiger partial charge in [-0.1, -0.05) is 18.2 Å². The third kappa shape index (κ3) is 5.34. The zero-order chi connectivity index (χ0) is 25.2. The van der Waals surface area contributed by atoms with Gasteiger partial charge in [-0.25, -0.2) is 4.98 Å². The third-order valence-electron chi connectivity index (χ3n) is 5.91. The van der Waals surface area contributed by atoms with E-state index in [1.807, 2.05) is 0 Å². The average Bonchev–Trinajstić information content (AvgIpc) is 3.37. The maximum Gasteiger partial charge on any atom is 0.416 e. The molecule has 182 valence electrons. The normalized spacial score (nSPS) is 14.5. The number of guanidine groups is 1. The summed E-state index contributed by atoms with van der Waals surface area (Å²) in [5.41, 5.74) is 10.5. The quantitative estimate of drug-likeness (QED) is 0.428. The summed E-state index contributed by atoms with van der Waals surface area (Å²) in [6.07, 6.45) is -1.07. The SMILES string of the molecule is NC(N)=NC(=O)c1ccc(C2CCN(C(=O)c3ccc(-c4cnco4)cc3)CC2)c(C(F)(F)F)c1. The number of hydrogen-bond acceptors (Lipinski definition) is 4. The van der Waals surface area contributed by atoms with E-state index in [0.29, 0.717) is 37.3 Å². The Morgan fingerprint density at radius 2 is 1.69 bits per heavy atom. The second kappa shape index (κ2) is 9.61. The minimum Gasteiger partial charge on any atom is -0.444 e. The van der Waals surface area contributed by atoms with Crippen LogP contribution in [-0.4, -0.2) is 40.7 Å². The summed E-state index contributed by atoms with van der Waals surface area (Å²) in [5.74, 6) is -1.51. The molecule has 2 aromatic carbocycles. The smallest absolute Gasteiger partial charge is 0.416 e. The lowest BCUT2D eigenvalue weighted by Crippen LogP contribution is -2.38. The van der Waals surface area contributed by atoms with Gasteiger partial charge in [0.2, 0.25) is 0 Å². The van der Waals surface area contributed by atoms with Gasteiger partial charge in [0.1, 0.15) is 0 Å². The topological polar surface area (TPSA) is 128 Å². The van der Waals surface area contributed by atoms with Gasteiger partial charge in [0, 0.05) is 29.8 Å². The van der Waals surface area contributed by atoms with Crippen molar-refractivity contribution in [3.63, 3.8) is 0 Å². The molecular weight excluding hydrogens is 463 g/mol. The molecule has 2 heterocycles. The molecule has 35 heavy (non-hydrogen) atoms. The molecule has 11 heteroatoms. The van der Waals surface area contributed by atoms with Crippen molar-refractivity contribution in [3.8, 4) is 11.3 Å². The van der Waals surface area contributed by atoms with Crippen molar-refractivity contribution >= 4 is 17.8 Å². The molecule has 0 aliphatic carbocycles. The number of benzene rings is 2. The number of rotatable bonds is 4. The number of halogens is 3. The summed E-state index contributed by atoms with van der Waals surface area (Å²) in [6.45, 7) is 0.610. The van der Waals surface area contributed by atoms with Crippen LogP contribution in [0.1, 0.15) is 50.6 Å². The van der Waals surface area contributed by atoms with Crippen LogP contribution in [0, 0.1) is 0 Å². The van der Waals surface area contributed by atoms with Crippen LogP contribution < -0.4 is 11.5 Å². The highest BCUT2D eigenvalue weighted by atomic mass is 19.4. The number of piperidine rings is 1. The van der Waals surface area contributed by atoms with Crippen LogP contribution in [-0.2, 0) is 6.18 Å². The van der Waals surface area contributed by atoms with Gasteiger partial charge < -0.3 is 20.8 Å². The largest absolute Gasteiger partial charge is 0.444 e. The van der Waals surface area contributed by atoms with Gasteiger partial charge in [0.15, 0.2) is 18.1 Å². The van der Waals surface area contributed by atoms with Crippen molar-refractivity contribution in [1.82, 2.24) is 9.88 Å². The molecule has 8 nitrogen and oxygen atoms in total. The van der Waals surface area contributed by atoms with Gasteiger partial charge in [-0.05, 0) is 48.6 Å². The molecule has 3 aromatic rings. The summed E-state index contributed by atoms with van der Waals surface area (Å²) in [7, 11) is 0. The van der Waals surface area contributed by atoms with E-state index < -0.39 is 29.5 Å². The zero-order valence-electron chi connectivity index (χ0n) is 18.5. The van der Waals surface area contributed by atoms with Crippen molar-refractivity contribution in [1.29, 1.82) is 0 Å². The number of amides is 2. The molecule has 4 rings (SSSR count). The number of hydrogen-bond donors (Lipinski definition) is 2. The molecule has 0 radical (unpaired) electrons. The first-order chi connectivity index (χ1) is 16.6. The number of nitrogens with two attached hydrogens (primary N) is 2. The fourth-order valence-electron chi connectivity index (χ4n) is 4.18. The highest BCUT2D eigenvalue weighted by molar-refractivity contribution is 6.02. The van der Waals surface area contributed by atoms with E-state index in [1.165, 1.54) is 18.5 Å². The molecule has 1 aliphatic heterocycles. The second-order valence-electron chi connectivity index (χ2n) is 8.15. The maximum atomic E-state index is 13.8. The van der Waals surface area contributed by atoms with E-state index in [0.717, 1.165) is 11.6 Å². The van der Waals surface area contributed by atoms with Gasteiger partial charge in [0.25, 0.3) is 11.8 Å². The van der Waals surface area contributed by atoms with Crippen molar-refractivity contribution < 1.29 is 27.2 Å².